The highest BCUT2D eigenvalue weighted by Gasteiger charge is 2.14. The molecule has 2 N–H and O–H groups in total. The third-order valence-electron chi connectivity index (χ3n) is 3.25. The van der Waals surface area contributed by atoms with Gasteiger partial charge in [0.05, 0.1) is 10.8 Å². The van der Waals surface area contributed by atoms with Gasteiger partial charge in [0.2, 0.25) is 5.91 Å². The first-order valence-electron chi connectivity index (χ1n) is 7.54. The molecule has 21 heavy (non-hydrogen) atoms. The Morgan fingerprint density at radius 2 is 1.86 bits per heavy atom. The Hall–Kier alpha value is -0.870. The summed E-state index contributed by atoms with van der Waals surface area (Å²) in [4.78, 5) is 15.1. The van der Waals surface area contributed by atoms with Crippen LogP contribution in [0.3, 0.4) is 0 Å². The highest BCUT2D eigenvalue weighted by atomic mass is 35.5. The number of hydrogen-bond acceptors (Lipinski definition) is 3. The lowest BCUT2D eigenvalue weighted by molar-refractivity contribution is -0.128. The van der Waals surface area contributed by atoms with Crippen molar-refractivity contribution >= 4 is 35.0 Å². The number of rotatable bonds is 9. The zero-order valence-corrected chi connectivity index (χ0v) is 14.5. The molecule has 1 aromatic carbocycles. The van der Waals surface area contributed by atoms with Gasteiger partial charge in [0.25, 0.3) is 0 Å². The molecule has 1 amide bonds. The van der Waals surface area contributed by atoms with Crippen LogP contribution in [0, 0.1) is 0 Å². The fourth-order valence-corrected chi connectivity index (χ4v) is 3.20. The van der Waals surface area contributed by atoms with Gasteiger partial charge in [0.1, 0.15) is 0 Å². The molecule has 0 atom stereocenters. The van der Waals surface area contributed by atoms with Crippen LogP contribution in [0.25, 0.3) is 0 Å². The van der Waals surface area contributed by atoms with Crippen molar-refractivity contribution in [3.8, 4) is 0 Å². The van der Waals surface area contributed by atoms with E-state index in [-0.39, 0.29) is 5.91 Å². The van der Waals surface area contributed by atoms with E-state index >= 15 is 0 Å². The first-order chi connectivity index (χ1) is 10.1. The lowest BCUT2D eigenvalue weighted by atomic mass is 10.2. The second-order valence-electron chi connectivity index (χ2n) is 5.03. The van der Waals surface area contributed by atoms with E-state index in [1.165, 1.54) is 11.8 Å². The predicted octanol–water partition coefficient (Wildman–Crippen LogP) is 4.44. The Bertz CT molecular complexity index is 426. The predicted molar refractivity (Wildman–Crippen MR) is 93.0 cm³/mol. The molecule has 0 fully saturated rings. The van der Waals surface area contributed by atoms with Crippen molar-refractivity contribution in [3.05, 3.63) is 23.2 Å². The van der Waals surface area contributed by atoms with Crippen LogP contribution in [0.4, 0.5) is 5.69 Å². The molecule has 1 rings (SSSR count). The number of carbonyl (C=O) groups excluding carboxylic acids is 1. The van der Waals surface area contributed by atoms with Gasteiger partial charge in [0, 0.05) is 23.7 Å². The third-order valence-corrected chi connectivity index (χ3v) is 4.82. The molecule has 0 heterocycles. The zero-order chi connectivity index (χ0) is 15.7. The van der Waals surface area contributed by atoms with Crippen molar-refractivity contribution < 1.29 is 4.79 Å². The Morgan fingerprint density at radius 3 is 2.38 bits per heavy atom. The molecule has 0 saturated carbocycles. The number of amides is 1. The van der Waals surface area contributed by atoms with Crippen molar-refractivity contribution in [2.75, 3.05) is 24.6 Å². The maximum atomic E-state index is 12.4. The van der Waals surface area contributed by atoms with Crippen LogP contribution in [-0.2, 0) is 4.79 Å². The Balaban J connectivity index is 2.59. The van der Waals surface area contributed by atoms with Gasteiger partial charge >= 0.3 is 0 Å². The Morgan fingerprint density at radius 1 is 1.24 bits per heavy atom. The number of carbonyl (C=O) groups is 1. The summed E-state index contributed by atoms with van der Waals surface area (Å²) in [5, 5.41) is 0.612. The number of nitrogen functional groups attached to an aromatic ring is 1. The van der Waals surface area contributed by atoms with Crippen LogP contribution in [0.1, 0.15) is 39.5 Å². The van der Waals surface area contributed by atoms with Gasteiger partial charge < -0.3 is 10.6 Å². The summed E-state index contributed by atoms with van der Waals surface area (Å²) in [6, 6.07) is 5.43. The van der Waals surface area contributed by atoms with Crippen LogP contribution in [0.5, 0.6) is 0 Å². The highest BCUT2D eigenvalue weighted by Crippen LogP contribution is 2.32. The minimum Gasteiger partial charge on any atom is -0.398 e. The van der Waals surface area contributed by atoms with E-state index in [1.807, 2.05) is 17.0 Å². The number of anilines is 1. The molecule has 0 aliphatic rings. The van der Waals surface area contributed by atoms with E-state index in [9.17, 15) is 4.79 Å². The van der Waals surface area contributed by atoms with Gasteiger partial charge in [-0.3, -0.25) is 4.79 Å². The van der Waals surface area contributed by atoms with Crippen LogP contribution in [0.2, 0.25) is 5.02 Å². The monoisotopic (exact) mass is 328 g/mol. The van der Waals surface area contributed by atoms with E-state index in [4.69, 9.17) is 17.3 Å². The molecule has 118 valence electrons. The van der Waals surface area contributed by atoms with Crippen molar-refractivity contribution in [1.82, 2.24) is 4.90 Å². The smallest absolute Gasteiger partial charge is 0.232 e. The van der Waals surface area contributed by atoms with Gasteiger partial charge in [-0.05, 0) is 25.0 Å². The molecule has 3 nitrogen and oxygen atoms in total. The topological polar surface area (TPSA) is 46.3 Å². The van der Waals surface area contributed by atoms with Crippen molar-refractivity contribution in [2.24, 2.45) is 0 Å². The second-order valence-corrected chi connectivity index (χ2v) is 6.43. The summed E-state index contributed by atoms with van der Waals surface area (Å²) in [7, 11) is 0. The van der Waals surface area contributed by atoms with Crippen LogP contribution >= 0.6 is 23.4 Å². The van der Waals surface area contributed by atoms with Crippen molar-refractivity contribution in [1.29, 1.82) is 0 Å². The third kappa shape index (κ3) is 6.18. The number of halogens is 1. The largest absolute Gasteiger partial charge is 0.398 e. The summed E-state index contributed by atoms with van der Waals surface area (Å²) in [6.45, 7) is 5.96. The minimum atomic E-state index is 0.168. The van der Waals surface area contributed by atoms with Crippen LogP contribution in [-0.4, -0.2) is 29.6 Å². The molecule has 5 heteroatoms. The quantitative estimate of drug-likeness (QED) is 0.538. The zero-order valence-electron chi connectivity index (χ0n) is 12.9. The molecule has 0 spiro atoms. The second kappa shape index (κ2) is 9.96. The van der Waals surface area contributed by atoms with Crippen molar-refractivity contribution in [3.63, 3.8) is 0 Å². The molecule has 0 bridgehead atoms. The number of nitrogens with two attached hydrogens (primary N) is 1. The van der Waals surface area contributed by atoms with E-state index in [1.54, 1.807) is 6.07 Å². The van der Waals surface area contributed by atoms with Gasteiger partial charge in [-0.2, -0.15) is 0 Å². The highest BCUT2D eigenvalue weighted by molar-refractivity contribution is 8.00. The van der Waals surface area contributed by atoms with Crippen LogP contribution < -0.4 is 5.73 Å². The molecule has 0 aliphatic heterocycles. The average molecular weight is 329 g/mol. The summed E-state index contributed by atoms with van der Waals surface area (Å²) in [5.41, 5.74) is 6.55. The molecule has 0 radical (unpaired) electrons. The van der Waals surface area contributed by atoms with Crippen LogP contribution in [0.15, 0.2) is 23.1 Å². The van der Waals surface area contributed by atoms with Gasteiger partial charge in [-0.15, -0.1) is 11.8 Å². The fraction of sp³-hybridized carbons (Fsp3) is 0.562. The van der Waals surface area contributed by atoms with E-state index < -0.39 is 0 Å². The lowest BCUT2D eigenvalue weighted by Gasteiger charge is -2.22. The summed E-state index contributed by atoms with van der Waals surface area (Å²) < 4.78 is 0. The number of hydrogen-bond donors (Lipinski definition) is 1. The average Bonchev–Trinajstić information content (AvgIpc) is 2.46. The number of benzene rings is 1. The molecule has 0 aromatic heterocycles. The molecule has 0 saturated heterocycles. The molecule has 0 aliphatic carbocycles. The van der Waals surface area contributed by atoms with Gasteiger partial charge in [-0.1, -0.05) is 44.4 Å². The normalized spacial score (nSPS) is 10.6. The maximum absolute atomic E-state index is 12.4. The molecular weight excluding hydrogens is 304 g/mol. The van der Waals surface area contributed by atoms with Gasteiger partial charge in [0.15, 0.2) is 0 Å². The number of thioether (sulfide) groups is 1. The van der Waals surface area contributed by atoms with Gasteiger partial charge in [-0.25, -0.2) is 0 Å². The lowest BCUT2D eigenvalue weighted by Crippen LogP contribution is -2.34. The van der Waals surface area contributed by atoms with E-state index in [0.29, 0.717) is 16.5 Å². The standard InChI is InChI=1S/C16H25ClN2OS/c1-3-5-10-19(11-6-4-2)15(20)12-21-16-13(17)8-7-9-14(16)18/h7-9H,3-6,10-12,18H2,1-2H3. The Labute approximate surface area is 137 Å². The first-order valence-corrected chi connectivity index (χ1v) is 8.91. The minimum absolute atomic E-state index is 0.168. The number of unbranched alkanes of at least 4 members (excludes halogenated alkanes) is 2. The fourth-order valence-electron chi connectivity index (χ4n) is 1.96. The SMILES string of the molecule is CCCCN(CCCC)C(=O)CSc1c(N)cccc1Cl. The number of nitrogens with zero attached hydrogens (tertiary/aromatic N) is 1. The molecular formula is C16H25ClN2OS. The molecule has 0 unspecified atom stereocenters. The van der Waals surface area contributed by atoms with Crippen molar-refractivity contribution in [2.45, 2.75) is 44.4 Å². The molecule has 1 aromatic rings. The maximum Gasteiger partial charge on any atom is 0.232 e. The summed E-state index contributed by atoms with van der Waals surface area (Å²) in [6.07, 6.45) is 4.30. The van der Waals surface area contributed by atoms with E-state index in [0.717, 1.165) is 43.7 Å². The summed E-state index contributed by atoms with van der Waals surface area (Å²) >= 11 is 7.56. The summed E-state index contributed by atoms with van der Waals surface area (Å²) in [5.74, 6) is 0.558. The van der Waals surface area contributed by atoms with E-state index in [2.05, 4.69) is 13.8 Å². The Kier molecular flexibility index (Phi) is 8.62. The first kappa shape index (κ1) is 18.2.